The van der Waals surface area contributed by atoms with Gasteiger partial charge in [0, 0.05) is 18.8 Å². The standard InChI is InChI=1S/C16H25N3O4/c1-4-19(5-2)12-11-17-15(20)18-13-7-9-14(10-8-13)23-16(21)22-6-3/h7-10H,4-6,11-12H2,1-3H3,(H2,17,18,20). The molecule has 7 nitrogen and oxygen atoms in total. The largest absolute Gasteiger partial charge is 0.513 e. The Morgan fingerprint density at radius 2 is 1.74 bits per heavy atom. The van der Waals surface area contributed by atoms with Crippen LogP contribution in [0.3, 0.4) is 0 Å². The summed E-state index contributed by atoms with van der Waals surface area (Å²) in [4.78, 5) is 25.2. The number of carbonyl (C=O) groups excluding carboxylic acids is 2. The molecule has 0 atom stereocenters. The zero-order valence-corrected chi connectivity index (χ0v) is 13.9. The lowest BCUT2D eigenvalue weighted by Gasteiger charge is -2.18. The van der Waals surface area contributed by atoms with E-state index >= 15 is 0 Å². The number of rotatable bonds is 8. The van der Waals surface area contributed by atoms with Crippen molar-refractivity contribution in [3.8, 4) is 5.75 Å². The summed E-state index contributed by atoms with van der Waals surface area (Å²) in [7, 11) is 0. The van der Waals surface area contributed by atoms with E-state index in [1.165, 1.54) is 0 Å². The number of ether oxygens (including phenoxy) is 2. The number of likely N-dealkylation sites (N-methyl/N-ethyl adjacent to an activating group) is 1. The predicted molar refractivity (Wildman–Crippen MR) is 88.9 cm³/mol. The fourth-order valence-electron chi connectivity index (χ4n) is 1.89. The number of benzene rings is 1. The molecule has 128 valence electrons. The highest BCUT2D eigenvalue weighted by molar-refractivity contribution is 5.89. The molecule has 0 unspecified atom stereocenters. The Balaban J connectivity index is 2.36. The summed E-state index contributed by atoms with van der Waals surface area (Å²) < 4.78 is 9.61. The molecule has 0 saturated carbocycles. The van der Waals surface area contributed by atoms with Gasteiger partial charge in [0.15, 0.2) is 0 Å². The summed E-state index contributed by atoms with van der Waals surface area (Å²) in [5, 5.41) is 5.51. The summed E-state index contributed by atoms with van der Waals surface area (Å²) >= 11 is 0. The van der Waals surface area contributed by atoms with Crippen molar-refractivity contribution in [2.45, 2.75) is 20.8 Å². The summed E-state index contributed by atoms with van der Waals surface area (Å²) in [6.07, 6.45) is -0.748. The third-order valence-corrected chi connectivity index (χ3v) is 3.18. The molecular weight excluding hydrogens is 298 g/mol. The third-order valence-electron chi connectivity index (χ3n) is 3.18. The van der Waals surface area contributed by atoms with E-state index in [1.54, 1.807) is 31.2 Å². The second-order valence-electron chi connectivity index (χ2n) is 4.72. The number of urea groups is 1. The first-order chi connectivity index (χ1) is 11.1. The average Bonchev–Trinajstić information content (AvgIpc) is 2.54. The Morgan fingerprint density at radius 1 is 1.09 bits per heavy atom. The smallest absolute Gasteiger partial charge is 0.434 e. The summed E-state index contributed by atoms with van der Waals surface area (Å²) in [5.41, 5.74) is 0.613. The van der Waals surface area contributed by atoms with E-state index < -0.39 is 6.16 Å². The molecule has 0 bridgehead atoms. The van der Waals surface area contributed by atoms with Gasteiger partial charge >= 0.3 is 12.2 Å². The molecule has 0 saturated heterocycles. The van der Waals surface area contributed by atoms with Gasteiger partial charge < -0.3 is 25.0 Å². The second kappa shape index (κ2) is 10.4. The van der Waals surface area contributed by atoms with Crippen molar-refractivity contribution in [1.82, 2.24) is 10.2 Å². The predicted octanol–water partition coefficient (Wildman–Crippen LogP) is 2.69. The van der Waals surface area contributed by atoms with Gasteiger partial charge in [-0.2, -0.15) is 0 Å². The SMILES string of the molecule is CCOC(=O)Oc1ccc(NC(=O)NCCN(CC)CC)cc1. The molecule has 0 aromatic heterocycles. The minimum Gasteiger partial charge on any atom is -0.434 e. The molecule has 0 aliphatic rings. The molecule has 0 aliphatic carbocycles. The van der Waals surface area contributed by atoms with Crippen LogP contribution in [-0.4, -0.2) is 49.9 Å². The van der Waals surface area contributed by atoms with E-state index in [9.17, 15) is 9.59 Å². The van der Waals surface area contributed by atoms with Gasteiger partial charge in [-0.3, -0.25) is 0 Å². The Labute approximate surface area is 136 Å². The summed E-state index contributed by atoms with van der Waals surface area (Å²) in [5.74, 6) is 0.357. The molecule has 0 spiro atoms. The van der Waals surface area contributed by atoms with Crippen molar-refractivity contribution in [2.75, 3.05) is 38.1 Å². The highest BCUT2D eigenvalue weighted by Crippen LogP contribution is 2.16. The molecule has 2 amide bonds. The molecule has 2 N–H and O–H groups in total. The number of nitrogens with one attached hydrogen (secondary N) is 2. The lowest BCUT2D eigenvalue weighted by atomic mass is 10.3. The van der Waals surface area contributed by atoms with E-state index in [0.29, 0.717) is 18.0 Å². The maximum Gasteiger partial charge on any atom is 0.513 e. The number of anilines is 1. The first-order valence-electron chi connectivity index (χ1n) is 7.80. The summed E-state index contributed by atoms with van der Waals surface area (Å²) in [6, 6.07) is 6.21. The van der Waals surface area contributed by atoms with E-state index in [1.807, 2.05) is 0 Å². The topological polar surface area (TPSA) is 79.9 Å². The normalized spacial score (nSPS) is 10.3. The van der Waals surface area contributed by atoms with Crippen molar-refractivity contribution >= 4 is 17.9 Å². The third kappa shape index (κ3) is 7.51. The van der Waals surface area contributed by atoms with Gasteiger partial charge in [0.05, 0.1) is 6.61 Å². The molecule has 23 heavy (non-hydrogen) atoms. The Bertz CT molecular complexity index is 487. The van der Waals surface area contributed by atoms with E-state index in [2.05, 4.69) is 34.1 Å². The van der Waals surface area contributed by atoms with E-state index in [0.717, 1.165) is 19.6 Å². The zero-order chi connectivity index (χ0) is 17.1. The monoisotopic (exact) mass is 323 g/mol. The number of carbonyl (C=O) groups is 2. The van der Waals surface area contributed by atoms with E-state index in [-0.39, 0.29) is 12.6 Å². The highest BCUT2D eigenvalue weighted by Gasteiger charge is 2.06. The van der Waals surface area contributed by atoms with Gasteiger partial charge in [-0.1, -0.05) is 13.8 Å². The molecule has 0 heterocycles. The van der Waals surface area contributed by atoms with Gasteiger partial charge in [0.25, 0.3) is 0 Å². The van der Waals surface area contributed by atoms with Crippen molar-refractivity contribution in [3.63, 3.8) is 0 Å². The van der Waals surface area contributed by atoms with Crippen LogP contribution >= 0.6 is 0 Å². The Kier molecular flexibility index (Phi) is 8.52. The van der Waals surface area contributed by atoms with Crippen LogP contribution in [0.4, 0.5) is 15.3 Å². The van der Waals surface area contributed by atoms with Crippen LogP contribution in [0, 0.1) is 0 Å². The summed E-state index contributed by atoms with van der Waals surface area (Å²) in [6.45, 7) is 9.44. The molecule has 7 heteroatoms. The number of hydrogen-bond acceptors (Lipinski definition) is 5. The molecular formula is C16H25N3O4. The Hall–Kier alpha value is -2.28. The van der Waals surface area contributed by atoms with Gasteiger partial charge in [-0.25, -0.2) is 9.59 Å². The second-order valence-corrected chi connectivity index (χ2v) is 4.72. The van der Waals surface area contributed by atoms with Crippen LogP contribution < -0.4 is 15.4 Å². The van der Waals surface area contributed by atoms with Crippen molar-refractivity contribution in [1.29, 1.82) is 0 Å². The van der Waals surface area contributed by atoms with Crippen LogP contribution in [0.5, 0.6) is 5.75 Å². The van der Waals surface area contributed by atoms with Gasteiger partial charge in [-0.15, -0.1) is 0 Å². The fourth-order valence-corrected chi connectivity index (χ4v) is 1.89. The van der Waals surface area contributed by atoms with Crippen LogP contribution in [0.15, 0.2) is 24.3 Å². The van der Waals surface area contributed by atoms with Gasteiger partial charge in [0.1, 0.15) is 5.75 Å². The van der Waals surface area contributed by atoms with Crippen molar-refractivity contribution < 1.29 is 19.1 Å². The van der Waals surface area contributed by atoms with Crippen LogP contribution in [0.2, 0.25) is 0 Å². The minimum atomic E-state index is -0.748. The number of nitrogens with zero attached hydrogens (tertiary/aromatic N) is 1. The quantitative estimate of drug-likeness (QED) is 0.568. The van der Waals surface area contributed by atoms with Crippen molar-refractivity contribution in [2.24, 2.45) is 0 Å². The molecule has 1 rings (SSSR count). The molecule has 0 fully saturated rings. The zero-order valence-electron chi connectivity index (χ0n) is 13.9. The fraction of sp³-hybridized carbons (Fsp3) is 0.500. The molecule has 1 aromatic carbocycles. The van der Waals surface area contributed by atoms with E-state index in [4.69, 9.17) is 4.74 Å². The number of amides is 2. The highest BCUT2D eigenvalue weighted by atomic mass is 16.7. The molecule has 0 radical (unpaired) electrons. The number of hydrogen-bond donors (Lipinski definition) is 2. The van der Waals surface area contributed by atoms with Crippen LogP contribution in [0.25, 0.3) is 0 Å². The lowest BCUT2D eigenvalue weighted by molar-refractivity contribution is 0.104. The van der Waals surface area contributed by atoms with Crippen molar-refractivity contribution in [3.05, 3.63) is 24.3 Å². The maximum absolute atomic E-state index is 11.8. The van der Waals surface area contributed by atoms with Gasteiger partial charge in [0.2, 0.25) is 0 Å². The van der Waals surface area contributed by atoms with Gasteiger partial charge in [-0.05, 0) is 44.3 Å². The Morgan fingerprint density at radius 3 is 2.30 bits per heavy atom. The average molecular weight is 323 g/mol. The van der Waals surface area contributed by atoms with Crippen LogP contribution in [-0.2, 0) is 4.74 Å². The molecule has 1 aromatic rings. The first kappa shape index (κ1) is 18.8. The van der Waals surface area contributed by atoms with Crippen LogP contribution in [0.1, 0.15) is 20.8 Å². The molecule has 0 aliphatic heterocycles. The minimum absolute atomic E-state index is 0.256. The first-order valence-corrected chi connectivity index (χ1v) is 7.80. The lowest BCUT2D eigenvalue weighted by Crippen LogP contribution is -2.36. The maximum atomic E-state index is 11.8.